The van der Waals surface area contributed by atoms with E-state index in [4.69, 9.17) is 4.74 Å². The first-order valence-electron chi connectivity index (χ1n) is 14.3. The van der Waals surface area contributed by atoms with Gasteiger partial charge in [0, 0.05) is 13.1 Å². The molecule has 8 nitrogen and oxygen atoms in total. The summed E-state index contributed by atoms with van der Waals surface area (Å²) in [5.41, 5.74) is 1.71. The molecule has 0 aliphatic heterocycles. The van der Waals surface area contributed by atoms with Crippen molar-refractivity contribution >= 4 is 27.5 Å². The summed E-state index contributed by atoms with van der Waals surface area (Å²) in [6, 6.07) is 26.6. The highest BCUT2D eigenvalue weighted by Crippen LogP contribution is 2.29. The summed E-state index contributed by atoms with van der Waals surface area (Å²) in [7, 11) is -4.21. The van der Waals surface area contributed by atoms with E-state index in [1.54, 1.807) is 55.5 Å². The summed E-state index contributed by atoms with van der Waals surface area (Å²) in [5.74, 6) is -0.314. The van der Waals surface area contributed by atoms with Gasteiger partial charge in [0.2, 0.25) is 11.8 Å². The molecule has 0 bridgehead atoms. The van der Waals surface area contributed by atoms with Gasteiger partial charge >= 0.3 is 0 Å². The maximum atomic E-state index is 14.0. The zero-order valence-corrected chi connectivity index (χ0v) is 25.8. The second-order valence-corrected chi connectivity index (χ2v) is 12.2. The van der Waals surface area contributed by atoms with Crippen molar-refractivity contribution in [3.8, 4) is 11.5 Å². The van der Waals surface area contributed by atoms with E-state index in [-0.39, 0.29) is 23.0 Å². The number of rotatable bonds is 13. The molecular formula is C34H36FN3O5S. The normalized spacial score (nSPS) is 11.8. The third-order valence-electron chi connectivity index (χ3n) is 6.97. The van der Waals surface area contributed by atoms with Crippen LogP contribution >= 0.6 is 0 Å². The first-order valence-corrected chi connectivity index (χ1v) is 15.8. The van der Waals surface area contributed by atoms with Gasteiger partial charge in [-0.2, -0.15) is 0 Å². The smallest absolute Gasteiger partial charge is 0.264 e. The Bertz CT molecular complexity index is 1650. The maximum absolute atomic E-state index is 14.0. The van der Waals surface area contributed by atoms with Gasteiger partial charge in [-0.25, -0.2) is 12.8 Å². The van der Waals surface area contributed by atoms with E-state index in [0.29, 0.717) is 30.0 Å². The highest BCUT2D eigenvalue weighted by molar-refractivity contribution is 7.92. The molecule has 230 valence electrons. The van der Waals surface area contributed by atoms with E-state index in [1.165, 1.54) is 41.3 Å². The molecule has 0 aliphatic carbocycles. The van der Waals surface area contributed by atoms with Crippen molar-refractivity contribution in [1.82, 2.24) is 10.2 Å². The number of nitrogens with zero attached hydrogens (tertiary/aromatic N) is 2. The summed E-state index contributed by atoms with van der Waals surface area (Å²) >= 11 is 0. The van der Waals surface area contributed by atoms with E-state index in [0.717, 1.165) is 9.87 Å². The van der Waals surface area contributed by atoms with E-state index >= 15 is 0 Å². The lowest BCUT2D eigenvalue weighted by Gasteiger charge is -2.32. The molecular weight excluding hydrogens is 581 g/mol. The van der Waals surface area contributed by atoms with Crippen LogP contribution in [0.4, 0.5) is 10.1 Å². The second kappa shape index (κ2) is 14.7. The zero-order valence-electron chi connectivity index (χ0n) is 24.9. The molecule has 0 heterocycles. The van der Waals surface area contributed by atoms with Gasteiger partial charge in [0.1, 0.15) is 29.9 Å². The van der Waals surface area contributed by atoms with Crippen LogP contribution in [0.3, 0.4) is 0 Å². The zero-order chi connectivity index (χ0) is 31.7. The number of carbonyl (C=O) groups is 2. The van der Waals surface area contributed by atoms with Gasteiger partial charge in [-0.1, -0.05) is 55.0 Å². The Kier molecular flexibility index (Phi) is 10.7. The molecule has 0 radical (unpaired) electrons. The number of anilines is 1. The van der Waals surface area contributed by atoms with Crippen molar-refractivity contribution in [2.24, 2.45) is 0 Å². The van der Waals surface area contributed by atoms with Crippen molar-refractivity contribution in [2.75, 3.05) is 17.4 Å². The van der Waals surface area contributed by atoms with Crippen LogP contribution in [0.2, 0.25) is 0 Å². The lowest BCUT2D eigenvalue weighted by molar-refractivity contribution is -0.139. The van der Waals surface area contributed by atoms with Crippen molar-refractivity contribution in [1.29, 1.82) is 0 Å². The average Bonchev–Trinajstić information content (AvgIpc) is 3.03. The minimum absolute atomic E-state index is 0.0133. The molecule has 4 aromatic carbocycles. The fourth-order valence-corrected chi connectivity index (χ4v) is 5.85. The number of carbonyl (C=O) groups excluding carboxylic acids is 2. The molecule has 10 heteroatoms. The molecule has 4 rings (SSSR count). The predicted octanol–water partition coefficient (Wildman–Crippen LogP) is 6.07. The number of halogens is 1. The van der Waals surface area contributed by atoms with Crippen LogP contribution in [0.5, 0.6) is 11.5 Å². The van der Waals surface area contributed by atoms with Gasteiger partial charge < -0.3 is 15.0 Å². The van der Waals surface area contributed by atoms with Crippen LogP contribution in [0.15, 0.2) is 108 Å². The molecule has 1 N–H and O–H groups in total. The number of amides is 2. The van der Waals surface area contributed by atoms with Crippen LogP contribution < -0.4 is 14.4 Å². The van der Waals surface area contributed by atoms with Gasteiger partial charge in [-0.3, -0.25) is 13.9 Å². The Morgan fingerprint density at radius 2 is 1.48 bits per heavy atom. The third kappa shape index (κ3) is 8.23. The van der Waals surface area contributed by atoms with Gasteiger partial charge in [0.25, 0.3) is 10.0 Å². The van der Waals surface area contributed by atoms with Crippen LogP contribution in [0.1, 0.15) is 31.4 Å². The Labute approximate surface area is 258 Å². The van der Waals surface area contributed by atoms with Gasteiger partial charge in [0.15, 0.2) is 0 Å². The SMILES string of the molecule is CCCNC(=O)C(C)N(Cc1ccc(F)cc1)C(=O)CN(c1ccc(Oc2ccccc2)cc1)S(=O)(=O)c1ccc(C)cc1. The summed E-state index contributed by atoms with van der Waals surface area (Å²) in [4.78, 5) is 28.3. The standard InChI is InChI=1S/C34H36FN3O5S/c1-4-22-36-34(40)26(3)37(23-27-12-14-28(35)15-13-27)33(39)24-38(44(41,42)32-20-10-25(2)11-21-32)29-16-18-31(19-17-29)43-30-8-6-5-7-9-30/h5-21,26H,4,22-24H2,1-3H3,(H,36,40). The number of nitrogens with one attached hydrogen (secondary N) is 1. The Hall–Kier alpha value is -4.70. The molecule has 0 fully saturated rings. The van der Waals surface area contributed by atoms with E-state index in [1.807, 2.05) is 32.0 Å². The van der Waals surface area contributed by atoms with Crippen LogP contribution in [0, 0.1) is 12.7 Å². The Balaban J connectivity index is 1.69. The topological polar surface area (TPSA) is 96.0 Å². The minimum atomic E-state index is -4.21. The van der Waals surface area contributed by atoms with Gasteiger partial charge in [-0.05, 0) is 86.5 Å². The largest absolute Gasteiger partial charge is 0.457 e. The molecule has 4 aromatic rings. The molecule has 0 saturated heterocycles. The van der Waals surface area contributed by atoms with Crippen molar-refractivity contribution < 1.29 is 27.1 Å². The fourth-order valence-electron chi connectivity index (χ4n) is 4.44. The number of hydrogen-bond donors (Lipinski definition) is 1. The fraction of sp³-hybridized carbons (Fsp3) is 0.235. The first-order chi connectivity index (χ1) is 21.1. The molecule has 1 unspecified atom stereocenters. The van der Waals surface area contributed by atoms with E-state index in [9.17, 15) is 22.4 Å². The van der Waals surface area contributed by atoms with Crippen LogP contribution in [-0.2, 0) is 26.2 Å². The van der Waals surface area contributed by atoms with Crippen LogP contribution in [-0.4, -0.2) is 44.3 Å². The second-order valence-electron chi connectivity index (χ2n) is 10.3. The average molecular weight is 618 g/mol. The van der Waals surface area contributed by atoms with Gasteiger partial charge in [0.05, 0.1) is 10.6 Å². The molecule has 44 heavy (non-hydrogen) atoms. The third-order valence-corrected chi connectivity index (χ3v) is 8.76. The lowest BCUT2D eigenvalue weighted by Crippen LogP contribution is -2.51. The quantitative estimate of drug-likeness (QED) is 0.197. The number of hydrogen-bond acceptors (Lipinski definition) is 5. The summed E-state index contributed by atoms with van der Waals surface area (Å²) in [5, 5.41) is 2.80. The van der Waals surface area contributed by atoms with E-state index < -0.39 is 34.3 Å². The lowest BCUT2D eigenvalue weighted by atomic mass is 10.1. The summed E-state index contributed by atoms with van der Waals surface area (Å²) < 4.78 is 48.5. The minimum Gasteiger partial charge on any atom is -0.457 e. The monoisotopic (exact) mass is 617 g/mol. The summed E-state index contributed by atoms with van der Waals surface area (Å²) in [6.45, 7) is 5.16. The number of benzene rings is 4. The highest BCUT2D eigenvalue weighted by Gasteiger charge is 2.32. The number of sulfonamides is 1. The molecule has 1 atom stereocenters. The summed E-state index contributed by atoms with van der Waals surface area (Å²) in [6.07, 6.45) is 0.705. The Morgan fingerprint density at radius 1 is 0.864 bits per heavy atom. The van der Waals surface area contributed by atoms with E-state index in [2.05, 4.69) is 5.32 Å². The molecule has 0 spiro atoms. The maximum Gasteiger partial charge on any atom is 0.264 e. The van der Waals surface area contributed by atoms with Crippen molar-refractivity contribution in [3.63, 3.8) is 0 Å². The van der Waals surface area contributed by atoms with Crippen LogP contribution in [0.25, 0.3) is 0 Å². The number of para-hydroxylation sites is 1. The number of aryl methyl sites for hydroxylation is 1. The number of ether oxygens (including phenoxy) is 1. The molecule has 2 amide bonds. The predicted molar refractivity (Wildman–Crippen MR) is 168 cm³/mol. The molecule has 0 aromatic heterocycles. The molecule has 0 aliphatic rings. The highest BCUT2D eigenvalue weighted by atomic mass is 32.2. The van der Waals surface area contributed by atoms with Gasteiger partial charge in [-0.15, -0.1) is 0 Å². The van der Waals surface area contributed by atoms with Crippen molar-refractivity contribution in [2.45, 2.75) is 44.7 Å². The Morgan fingerprint density at radius 3 is 2.09 bits per heavy atom. The first kappa shape index (κ1) is 32.2. The molecule has 0 saturated carbocycles. The van der Waals surface area contributed by atoms with Crippen molar-refractivity contribution in [3.05, 3.63) is 120 Å².